The smallest absolute Gasteiger partial charge is 0.748 e. The Morgan fingerprint density at radius 3 is 1.93 bits per heavy atom. The van der Waals surface area contributed by atoms with Crippen molar-refractivity contribution in [2.24, 2.45) is 0 Å². The normalized spacial score (nSPS) is 13.5. The summed E-state index contributed by atoms with van der Waals surface area (Å²) in [5.74, 6) is -1.28. The molecule has 0 aromatic heterocycles. The molecule has 0 aliphatic rings. The van der Waals surface area contributed by atoms with Crippen LogP contribution in [0.25, 0.3) is 0 Å². The Kier molecular flexibility index (Phi) is 8.71. The molecule has 0 bridgehead atoms. The molecular formula is C4H4F4IKO4S. The minimum absolute atomic E-state index is 0. The molecular weight excluding hydrogens is 386 g/mol. The fourth-order valence-electron chi connectivity index (χ4n) is 0.354. The molecule has 86 valence electrons. The van der Waals surface area contributed by atoms with Gasteiger partial charge >= 0.3 is 61.4 Å². The van der Waals surface area contributed by atoms with Crippen LogP contribution in [-0.4, -0.2) is 35.4 Å². The van der Waals surface area contributed by atoms with E-state index in [1.165, 1.54) is 0 Å². The average molecular weight is 390 g/mol. The second kappa shape index (κ2) is 6.77. The van der Waals surface area contributed by atoms with E-state index in [1.54, 1.807) is 0 Å². The van der Waals surface area contributed by atoms with Crippen LogP contribution in [0.3, 0.4) is 0 Å². The number of alkyl halides is 5. The van der Waals surface area contributed by atoms with Crippen molar-refractivity contribution in [2.45, 2.75) is 10.0 Å². The van der Waals surface area contributed by atoms with Crippen molar-refractivity contribution in [3.05, 3.63) is 0 Å². The maximum atomic E-state index is 12.2. The van der Waals surface area contributed by atoms with Crippen molar-refractivity contribution in [1.29, 1.82) is 0 Å². The first-order valence-electron chi connectivity index (χ1n) is 2.98. The number of ether oxygens (including phenoxy) is 1. The Bertz CT molecular complexity index is 290. The molecule has 0 rings (SSSR count). The number of hydrogen-bond donors (Lipinski definition) is 0. The summed E-state index contributed by atoms with van der Waals surface area (Å²) in [6, 6.07) is 0. The van der Waals surface area contributed by atoms with Crippen LogP contribution < -0.4 is 51.4 Å². The Balaban J connectivity index is 0. The number of halogens is 5. The third-order valence-electron chi connectivity index (χ3n) is 0.947. The number of hydrogen-bond acceptors (Lipinski definition) is 4. The van der Waals surface area contributed by atoms with Gasteiger partial charge in [-0.15, -0.1) is 0 Å². The first-order chi connectivity index (χ1) is 5.96. The van der Waals surface area contributed by atoms with Crippen molar-refractivity contribution >= 4 is 32.7 Å². The summed E-state index contributed by atoms with van der Waals surface area (Å²) in [4.78, 5) is 0. The van der Waals surface area contributed by atoms with Crippen LogP contribution in [-0.2, 0) is 14.9 Å². The molecule has 0 heterocycles. The molecule has 0 aliphatic carbocycles. The molecule has 0 aromatic rings. The van der Waals surface area contributed by atoms with E-state index >= 15 is 0 Å². The predicted octanol–water partition coefficient (Wildman–Crippen LogP) is -1.83. The van der Waals surface area contributed by atoms with Gasteiger partial charge in [-0.25, -0.2) is 8.42 Å². The van der Waals surface area contributed by atoms with Gasteiger partial charge in [-0.1, -0.05) is 0 Å². The van der Waals surface area contributed by atoms with Gasteiger partial charge in [0.15, 0.2) is 0 Å². The molecule has 0 aromatic carbocycles. The van der Waals surface area contributed by atoms with E-state index in [1.807, 2.05) is 0 Å². The Hall–Kier alpha value is 1.96. The minimum atomic E-state index is -4.79. The summed E-state index contributed by atoms with van der Waals surface area (Å²) in [6.07, 6.45) is -4.79. The molecule has 0 radical (unpaired) electrons. The van der Waals surface area contributed by atoms with Crippen LogP contribution in [0.4, 0.5) is 17.6 Å². The summed E-state index contributed by atoms with van der Waals surface area (Å²) < 4.78 is 77.0. The average Bonchev–Trinajstić information content (AvgIpc) is 1.80. The van der Waals surface area contributed by atoms with Crippen molar-refractivity contribution in [2.75, 3.05) is 12.4 Å². The van der Waals surface area contributed by atoms with Crippen molar-refractivity contribution in [1.82, 2.24) is 0 Å². The quantitative estimate of drug-likeness (QED) is 0.182. The summed E-state index contributed by atoms with van der Waals surface area (Å²) >= 11 is 0.144. The van der Waals surface area contributed by atoms with Gasteiger partial charge in [0.2, 0.25) is 0 Å². The SMILES string of the molecule is O=S(=O)([O-])CCOC(F)(F)C(F)(F)I.[K+]. The van der Waals surface area contributed by atoms with Crippen molar-refractivity contribution in [3.8, 4) is 0 Å². The molecule has 15 heavy (non-hydrogen) atoms. The first kappa shape index (κ1) is 19.3. The van der Waals surface area contributed by atoms with Gasteiger partial charge in [-0.2, -0.15) is 17.6 Å². The van der Waals surface area contributed by atoms with E-state index < -0.39 is 32.5 Å². The van der Waals surface area contributed by atoms with Crippen molar-refractivity contribution < 1.29 is 86.7 Å². The van der Waals surface area contributed by atoms with E-state index in [-0.39, 0.29) is 74.0 Å². The van der Waals surface area contributed by atoms with Crippen LogP contribution in [0.15, 0.2) is 0 Å². The van der Waals surface area contributed by atoms with Crippen LogP contribution in [0.1, 0.15) is 0 Å². The third kappa shape index (κ3) is 8.65. The zero-order valence-corrected chi connectivity index (χ0v) is 13.4. The summed E-state index contributed by atoms with van der Waals surface area (Å²) in [6.45, 7) is -1.28. The molecule has 0 spiro atoms. The molecule has 0 fully saturated rings. The molecule has 0 N–H and O–H groups in total. The van der Waals surface area contributed by atoms with Gasteiger partial charge in [-0.3, -0.25) is 0 Å². The van der Waals surface area contributed by atoms with E-state index in [0.29, 0.717) is 0 Å². The summed E-state index contributed by atoms with van der Waals surface area (Å²) in [5, 5.41) is 0. The second-order valence-electron chi connectivity index (χ2n) is 2.12. The van der Waals surface area contributed by atoms with Gasteiger partial charge < -0.3 is 9.29 Å². The molecule has 0 amide bonds. The Morgan fingerprint density at radius 1 is 1.27 bits per heavy atom. The van der Waals surface area contributed by atoms with Crippen LogP contribution in [0, 0.1) is 0 Å². The molecule has 0 saturated heterocycles. The summed E-state index contributed by atoms with van der Waals surface area (Å²) in [7, 11) is -4.75. The molecule has 0 saturated carbocycles. The zero-order valence-electron chi connectivity index (χ0n) is 7.35. The fourth-order valence-corrected chi connectivity index (χ4v) is 0.797. The molecule has 4 nitrogen and oxygen atoms in total. The maximum absolute atomic E-state index is 12.2. The second-order valence-corrected chi connectivity index (χ2v) is 5.00. The first-order valence-corrected chi connectivity index (χ1v) is 5.63. The van der Waals surface area contributed by atoms with Gasteiger partial charge in [-0.05, 0) is 0 Å². The van der Waals surface area contributed by atoms with Crippen LogP contribution in [0.2, 0.25) is 0 Å². The van der Waals surface area contributed by atoms with Gasteiger partial charge in [0, 0.05) is 22.6 Å². The Labute approximate surface area is 139 Å². The number of rotatable bonds is 5. The predicted molar refractivity (Wildman–Crippen MR) is 44.4 cm³/mol. The van der Waals surface area contributed by atoms with Crippen LogP contribution in [0.5, 0.6) is 0 Å². The topological polar surface area (TPSA) is 66.4 Å². The Morgan fingerprint density at radius 2 is 1.67 bits per heavy atom. The standard InChI is InChI=1S/C4H5F4IO4S.K/c5-3(6,9)4(7,8)13-1-2-14(10,11)12;/h1-2H2,(H,10,11,12);/q;+1/p-1. The van der Waals surface area contributed by atoms with Crippen LogP contribution >= 0.6 is 22.6 Å². The molecule has 0 atom stereocenters. The fraction of sp³-hybridized carbons (Fsp3) is 1.00. The van der Waals surface area contributed by atoms with E-state index in [4.69, 9.17) is 0 Å². The minimum Gasteiger partial charge on any atom is -0.748 e. The van der Waals surface area contributed by atoms with Crippen molar-refractivity contribution in [3.63, 3.8) is 0 Å². The third-order valence-corrected chi connectivity index (χ3v) is 2.24. The van der Waals surface area contributed by atoms with E-state index in [2.05, 4.69) is 4.74 Å². The largest absolute Gasteiger partial charge is 1.00 e. The van der Waals surface area contributed by atoms with E-state index in [9.17, 15) is 30.5 Å². The van der Waals surface area contributed by atoms with Gasteiger partial charge in [0.05, 0.1) is 22.5 Å². The van der Waals surface area contributed by atoms with Gasteiger partial charge in [0.1, 0.15) is 0 Å². The zero-order chi connectivity index (χ0) is 11.6. The van der Waals surface area contributed by atoms with Gasteiger partial charge in [0.25, 0.3) is 0 Å². The molecule has 0 aliphatic heterocycles. The monoisotopic (exact) mass is 390 g/mol. The molecule has 11 heteroatoms. The molecule has 0 unspecified atom stereocenters. The summed E-state index contributed by atoms with van der Waals surface area (Å²) in [5.41, 5.74) is 0. The maximum Gasteiger partial charge on any atom is 1.00 e. The van der Waals surface area contributed by atoms with E-state index in [0.717, 1.165) is 0 Å².